The number of hydrogen-bond acceptors (Lipinski definition) is 6. The van der Waals surface area contributed by atoms with Crippen molar-refractivity contribution in [3.05, 3.63) is 65.8 Å². The van der Waals surface area contributed by atoms with Crippen molar-refractivity contribution in [3.63, 3.8) is 0 Å². The minimum Gasteiger partial charge on any atom is -0.497 e. The number of ether oxygens (including phenoxy) is 2. The van der Waals surface area contributed by atoms with E-state index in [-0.39, 0.29) is 18.6 Å². The second-order valence-corrected chi connectivity index (χ2v) is 7.54. The molecule has 0 spiro atoms. The Hall–Kier alpha value is -3.55. The molecule has 31 heavy (non-hydrogen) atoms. The third-order valence-electron chi connectivity index (χ3n) is 5.34. The third kappa shape index (κ3) is 5.14. The maximum absolute atomic E-state index is 12.8. The standard InChI is InChI=1S/C23H26N4O4/c1-16-13-19(29-2)10-11-20(16)24-23(28)27-12-6-7-17(14-27)22-25-21(31-26-22)15-30-18-8-4-3-5-9-18/h3-5,8-11,13,17H,6-7,12,14-15H2,1-2H3,(H,24,28). The summed E-state index contributed by atoms with van der Waals surface area (Å²) >= 11 is 0. The summed E-state index contributed by atoms with van der Waals surface area (Å²) in [5.74, 6) is 2.58. The van der Waals surface area contributed by atoms with E-state index in [1.165, 1.54) is 0 Å². The van der Waals surface area contributed by atoms with Crippen LogP contribution in [0.3, 0.4) is 0 Å². The van der Waals surface area contributed by atoms with Crippen LogP contribution in [0.1, 0.15) is 36.0 Å². The molecule has 1 aliphatic rings. The van der Waals surface area contributed by atoms with Crippen molar-refractivity contribution in [2.75, 3.05) is 25.5 Å². The predicted molar refractivity (Wildman–Crippen MR) is 115 cm³/mol. The zero-order chi connectivity index (χ0) is 21.6. The summed E-state index contributed by atoms with van der Waals surface area (Å²) in [6.07, 6.45) is 1.79. The van der Waals surface area contributed by atoms with Crippen molar-refractivity contribution in [1.82, 2.24) is 15.0 Å². The molecule has 1 fully saturated rings. The Kier molecular flexibility index (Phi) is 6.35. The lowest BCUT2D eigenvalue weighted by Crippen LogP contribution is -2.42. The number of nitrogens with zero attached hydrogens (tertiary/aromatic N) is 3. The normalized spacial score (nSPS) is 16.1. The van der Waals surface area contributed by atoms with Gasteiger partial charge in [-0.3, -0.25) is 0 Å². The van der Waals surface area contributed by atoms with E-state index >= 15 is 0 Å². The van der Waals surface area contributed by atoms with Gasteiger partial charge in [0.15, 0.2) is 12.4 Å². The van der Waals surface area contributed by atoms with Crippen LogP contribution in [0.4, 0.5) is 10.5 Å². The molecule has 0 aliphatic carbocycles. The van der Waals surface area contributed by atoms with Gasteiger partial charge in [0.2, 0.25) is 0 Å². The number of hydrogen-bond donors (Lipinski definition) is 1. The Labute approximate surface area is 181 Å². The molecule has 1 atom stereocenters. The molecule has 0 radical (unpaired) electrons. The lowest BCUT2D eigenvalue weighted by molar-refractivity contribution is 0.190. The number of amides is 2. The third-order valence-corrected chi connectivity index (χ3v) is 5.34. The van der Waals surface area contributed by atoms with Gasteiger partial charge in [-0.2, -0.15) is 4.98 Å². The summed E-state index contributed by atoms with van der Waals surface area (Å²) < 4.78 is 16.2. The maximum Gasteiger partial charge on any atom is 0.321 e. The number of nitrogens with one attached hydrogen (secondary N) is 1. The second kappa shape index (κ2) is 9.51. The molecule has 1 aromatic heterocycles. The van der Waals surface area contributed by atoms with E-state index < -0.39 is 0 Å². The highest BCUT2D eigenvalue weighted by Crippen LogP contribution is 2.27. The molecule has 1 aliphatic heterocycles. The molecule has 0 bridgehead atoms. The molecule has 1 N–H and O–H groups in total. The number of aryl methyl sites for hydroxylation is 1. The quantitative estimate of drug-likeness (QED) is 0.634. The van der Waals surface area contributed by atoms with Gasteiger partial charge >= 0.3 is 6.03 Å². The second-order valence-electron chi connectivity index (χ2n) is 7.54. The van der Waals surface area contributed by atoms with Crippen LogP contribution in [-0.2, 0) is 6.61 Å². The van der Waals surface area contributed by atoms with Crippen LogP contribution in [0.15, 0.2) is 53.1 Å². The van der Waals surface area contributed by atoms with Gasteiger partial charge in [-0.25, -0.2) is 4.79 Å². The Bertz CT molecular complexity index is 1020. The smallest absolute Gasteiger partial charge is 0.321 e. The number of likely N-dealkylation sites (tertiary alicyclic amines) is 1. The molecular weight excluding hydrogens is 396 g/mol. The van der Waals surface area contributed by atoms with E-state index in [1.54, 1.807) is 12.0 Å². The molecule has 8 heteroatoms. The molecule has 3 aromatic rings. The SMILES string of the molecule is COc1ccc(NC(=O)N2CCCC(c3noc(COc4ccccc4)n3)C2)c(C)c1. The minimum absolute atomic E-state index is 0.0330. The zero-order valence-electron chi connectivity index (χ0n) is 17.7. The number of para-hydroxylation sites is 1. The molecule has 2 heterocycles. The molecule has 162 valence electrons. The van der Waals surface area contributed by atoms with Crippen molar-refractivity contribution in [1.29, 1.82) is 0 Å². The Morgan fingerprint density at radius 3 is 2.84 bits per heavy atom. The number of aromatic nitrogens is 2. The van der Waals surface area contributed by atoms with Crippen LogP contribution in [0.5, 0.6) is 11.5 Å². The summed E-state index contributed by atoms with van der Waals surface area (Å²) in [5, 5.41) is 7.12. The Morgan fingerprint density at radius 2 is 2.06 bits per heavy atom. The molecule has 8 nitrogen and oxygen atoms in total. The molecule has 4 rings (SSSR count). The number of carbonyl (C=O) groups excluding carboxylic acids is 1. The van der Waals surface area contributed by atoms with Gasteiger partial charge in [-0.05, 0) is 55.7 Å². The zero-order valence-corrected chi connectivity index (χ0v) is 17.7. The summed E-state index contributed by atoms with van der Waals surface area (Å²) in [6, 6.07) is 14.9. The van der Waals surface area contributed by atoms with Crippen molar-refractivity contribution in [2.45, 2.75) is 32.3 Å². The molecular formula is C23H26N4O4. The van der Waals surface area contributed by atoms with Gasteiger partial charge in [-0.15, -0.1) is 0 Å². The fraction of sp³-hybridized carbons (Fsp3) is 0.348. The first-order valence-electron chi connectivity index (χ1n) is 10.3. The van der Waals surface area contributed by atoms with Gasteiger partial charge in [0.05, 0.1) is 7.11 Å². The Balaban J connectivity index is 1.35. The van der Waals surface area contributed by atoms with Crippen LogP contribution in [0.2, 0.25) is 0 Å². The van der Waals surface area contributed by atoms with Gasteiger partial charge in [0.1, 0.15) is 11.5 Å². The van der Waals surface area contributed by atoms with E-state index in [0.29, 0.717) is 24.8 Å². The van der Waals surface area contributed by atoms with Crippen LogP contribution < -0.4 is 14.8 Å². The van der Waals surface area contributed by atoms with E-state index in [2.05, 4.69) is 15.5 Å². The number of urea groups is 1. The highest BCUT2D eigenvalue weighted by molar-refractivity contribution is 5.90. The Morgan fingerprint density at radius 1 is 1.23 bits per heavy atom. The van der Waals surface area contributed by atoms with Crippen molar-refractivity contribution in [2.24, 2.45) is 0 Å². The first kappa shape index (κ1) is 20.7. The van der Waals surface area contributed by atoms with Crippen molar-refractivity contribution < 1.29 is 18.8 Å². The average Bonchev–Trinajstić information content (AvgIpc) is 3.29. The number of rotatable bonds is 6. The highest BCUT2D eigenvalue weighted by atomic mass is 16.5. The lowest BCUT2D eigenvalue weighted by Gasteiger charge is -2.31. The van der Waals surface area contributed by atoms with Crippen LogP contribution in [0.25, 0.3) is 0 Å². The van der Waals surface area contributed by atoms with Crippen LogP contribution >= 0.6 is 0 Å². The molecule has 1 unspecified atom stereocenters. The minimum atomic E-state index is -0.130. The summed E-state index contributed by atoms with van der Waals surface area (Å²) in [7, 11) is 1.62. The molecule has 0 saturated carbocycles. The number of benzene rings is 2. The monoisotopic (exact) mass is 422 g/mol. The fourth-order valence-electron chi connectivity index (χ4n) is 3.62. The molecule has 2 amide bonds. The number of piperidine rings is 1. The van der Waals surface area contributed by atoms with Gasteiger partial charge in [0, 0.05) is 24.7 Å². The van der Waals surface area contributed by atoms with Gasteiger partial charge in [0.25, 0.3) is 5.89 Å². The van der Waals surface area contributed by atoms with Gasteiger partial charge in [-0.1, -0.05) is 23.4 Å². The van der Waals surface area contributed by atoms with E-state index in [4.69, 9.17) is 14.0 Å². The first-order chi connectivity index (χ1) is 15.1. The number of carbonyl (C=O) groups is 1. The molecule has 2 aromatic carbocycles. The summed E-state index contributed by atoms with van der Waals surface area (Å²) in [5.41, 5.74) is 1.72. The average molecular weight is 422 g/mol. The lowest BCUT2D eigenvalue weighted by atomic mass is 9.97. The van der Waals surface area contributed by atoms with Crippen molar-refractivity contribution in [3.8, 4) is 11.5 Å². The summed E-state index contributed by atoms with van der Waals surface area (Å²) in [6.45, 7) is 3.39. The molecule has 1 saturated heterocycles. The number of methoxy groups -OCH3 is 1. The van der Waals surface area contributed by atoms with Crippen LogP contribution in [0, 0.1) is 6.92 Å². The summed E-state index contributed by atoms with van der Waals surface area (Å²) in [4.78, 5) is 19.1. The topological polar surface area (TPSA) is 89.7 Å². The largest absolute Gasteiger partial charge is 0.497 e. The van der Waals surface area contributed by atoms with E-state index in [0.717, 1.165) is 35.6 Å². The van der Waals surface area contributed by atoms with Crippen LogP contribution in [-0.4, -0.2) is 41.3 Å². The fourth-order valence-corrected chi connectivity index (χ4v) is 3.62. The predicted octanol–water partition coefficient (Wildman–Crippen LogP) is 4.38. The number of anilines is 1. The van der Waals surface area contributed by atoms with E-state index in [9.17, 15) is 4.79 Å². The van der Waals surface area contributed by atoms with Gasteiger partial charge < -0.3 is 24.2 Å². The highest BCUT2D eigenvalue weighted by Gasteiger charge is 2.28. The first-order valence-corrected chi connectivity index (χ1v) is 10.3. The maximum atomic E-state index is 12.8. The van der Waals surface area contributed by atoms with E-state index in [1.807, 2.05) is 55.5 Å². The van der Waals surface area contributed by atoms with Crippen molar-refractivity contribution >= 4 is 11.7 Å².